The maximum absolute atomic E-state index is 13.9. The minimum absolute atomic E-state index is 0.0378. The van der Waals surface area contributed by atoms with Crippen LogP contribution in [0.4, 0.5) is 5.69 Å². The van der Waals surface area contributed by atoms with Crippen molar-refractivity contribution in [3.63, 3.8) is 0 Å². The molecule has 1 heterocycles. The summed E-state index contributed by atoms with van der Waals surface area (Å²) >= 11 is 12.3. The van der Waals surface area contributed by atoms with Gasteiger partial charge in [0.15, 0.2) is 11.5 Å². The summed E-state index contributed by atoms with van der Waals surface area (Å²) in [6.45, 7) is 3.43. The number of nitrogens with zero attached hydrogens (tertiary/aromatic N) is 2. The molecule has 1 aliphatic heterocycles. The Balaban J connectivity index is 1.63. The lowest BCUT2D eigenvalue weighted by Crippen LogP contribution is -2.53. The largest absolute Gasteiger partial charge is 0.486 e. The molecule has 40 heavy (non-hydrogen) atoms. The Labute approximate surface area is 245 Å². The third-order valence-corrected chi connectivity index (χ3v) is 9.73. The zero-order valence-electron chi connectivity index (χ0n) is 22.7. The SMILES string of the molecule is CCS(=O)(=O)N(CC(=O)N(Cc1ccc(Cl)c(Cl)c1)C(C)C(=O)NC1CCCCC1)c1ccc2c(c1)OCCO2. The lowest BCUT2D eigenvalue weighted by molar-refractivity contribution is -0.139. The first-order chi connectivity index (χ1) is 19.1. The van der Waals surface area contributed by atoms with Crippen LogP contribution in [0.2, 0.25) is 10.0 Å². The number of anilines is 1. The summed E-state index contributed by atoms with van der Waals surface area (Å²) in [7, 11) is -3.87. The van der Waals surface area contributed by atoms with Crippen molar-refractivity contribution in [3.05, 3.63) is 52.0 Å². The van der Waals surface area contributed by atoms with Crippen LogP contribution in [0.25, 0.3) is 0 Å². The Hall–Kier alpha value is -2.69. The number of ether oxygens (including phenoxy) is 2. The third-order valence-electron chi connectivity index (χ3n) is 7.25. The Morgan fingerprint density at radius 3 is 2.38 bits per heavy atom. The van der Waals surface area contributed by atoms with Crippen LogP contribution in [0, 0.1) is 0 Å². The summed E-state index contributed by atoms with van der Waals surface area (Å²) in [4.78, 5) is 28.6. The Kier molecular flexibility index (Phi) is 10.1. The molecule has 0 aromatic heterocycles. The number of sulfonamides is 1. The van der Waals surface area contributed by atoms with Gasteiger partial charge in [0.05, 0.1) is 21.5 Å². The highest BCUT2D eigenvalue weighted by Gasteiger charge is 2.32. The van der Waals surface area contributed by atoms with Gasteiger partial charge < -0.3 is 19.7 Å². The Bertz CT molecular complexity index is 1330. The van der Waals surface area contributed by atoms with E-state index in [1.807, 2.05) is 0 Å². The highest BCUT2D eigenvalue weighted by Crippen LogP contribution is 2.35. The van der Waals surface area contributed by atoms with Gasteiger partial charge in [-0.3, -0.25) is 13.9 Å². The van der Waals surface area contributed by atoms with Crippen LogP contribution < -0.4 is 19.1 Å². The number of carbonyl (C=O) groups excluding carboxylic acids is 2. The van der Waals surface area contributed by atoms with Crippen molar-refractivity contribution in [1.82, 2.24) is 10.2 Å². The smallest absolute Gasteiger partial charge is 0.244 e. The molecule has 2 aliphatic rings. The monoisotopic (exact) mass is 611 g/mol. The van der Waals surface area contributed by atoms with Gasteiger partial charge in [-0.2, -0.15) is 0 Å². The third kappa shape index (κ3) is 7.33. The summed E-state index contributed by atoms with van der Waals surface area (Å²) in [6.07, 6.45) is 5.03. The van der Waals surface area contributed by atoms with Gasteiger partial charge in [0.2, 0.25) is 21.8 Å². The molecule has 0 saturated heterocycles. The first-order valence-corrected chi connectivity index (χ1v) is 15.9. The molecule has 218 valence electrons. The van der Waals surface area contributed by atoms with Crippen molar-refractivity contribution < 1.29 is 27.5 Å². The summed E-state index contributed by atoms with van der Waals surface area (Å²) in [5, 5.41) is 3.76. The zero-order chi connectivity index (χ0) is 28.9. The summed E-state index contributed by atoms with van der Waals surface area (Å²) in [5.41, 5.74) is 0.928. The molecule has 1 atom stereocenters. The van der Waals surface area contributed by atoms with Crippen molar-refractivity contribution >= 4 is 50.7 Å². The number of amides is 2. The Morgan fingerprint density at radius 1 is 1.00 bits per heavy atom. The maximum atomic E-state index is 13.9. The Morgan fingerprint density at radius 2 is 1.70 bits per heavy atom. The molecule has 1 aliphatic carbocycles. The molecule has 1 unspecified atom stereocenters. The van der Waals surface area contributed by atoms with Crippen LogP contribution >= 0.6 is 23.2 Å². The van der Waals surface area contributed by atoms with Crippen LogP contribution in [0.15, 0.2) is 36.4 Å². The standard InChI is InChI=1S/C28H35Cl2N3O6S/c1-3-40(36,37)33(22-10-12-25-26(16-22)39-14-13-38-25)18-27(34)32(17-20-9-11-23(29)24(30)15-20)19(2)28(35)31-21-7-5-4-6-8-21/h9-12,15-16,19,21H,3-8,13-14,17-18H2,1-2H3,(H,31,35). The van der Waals surface area contributed by atoms with Gasteiger partial charge in [-0.1, -0.05) is 48.5 Å². The lowest BCUT2D eigenvalue weighted by Gasteiger charge is -2.33. The van der Waals surface area contributed by atoms with Gasteiger partial charge in [0, 0.05) is 18.7 Å². The van der Waals surface area contributed by atoms with Gasteiger partial charge in [0.25, 0.3) is 0 Å². The number of benzene rings is 2. The maximum Gasteiger partial charge on any atom is 0.244 e. The second-order valence-corrected chi connectivity index (χ2v) is 13.0. The molecule has 2 aromatic carbocycles. The molecule has 1 saturated carbocycles. The molecule has 0 spiro atoms. The van der Waals surface area contributed by atoms with Gasteiger partial charge in [-0.25, -0.2) is 8.42 Å². The molecular formula is C28H35Cl2N3O6S. The number of halogens is 2. The van der Waals surface area contributed by atoms with E-state index in [4.69, 9.17) is 32.7 Å². The van der Waals surface area contributed by atoms with E-state index in [0.29, 0.717) is 40.3 Å². The van der Waals surface area contributed by atoms with E-state index in [0.717, 1.165) is 36.4 Å². The molecule has 4 rings (SSSR count). The highest BCUT2D eigenvalue weighted by atomic mass is 35.5. The lowest BCUT2D eigenvalue weighted by atomic mass is 9.95. The van der Waals surface area contributed by atoms with Gasteiger partial charge in [-0.15, -0.1) is 0 Å². The molecule has 9 nitrogen and oxygen atoms in total. The van der Waals surface area contributed by atoms with Crippen LogP contribution in [-0.4, -0.2) is 62.7 Å². The molecule has 0 radical (unpaired) electrons. The number of hydrogen-bond donors (Lipinski definition) is 1. The van der Waals surface area contributed by atoms with Crippen molar-refractivity contribution in [3.8, 4) is 11.5 Å². The molecule has 2 amide bonds. The second-order valence-electron chi connectivity index (χ2n) is 10.0. The van der Waals surface area contributed by atoms with Crippen LogP contribution in [0.5, 0.6) is 11.5 Å². The second kappa shape index (κ2) is 13.3. The van der Waals surface area contributed by atoms with Crippen molar-refractivity contribution in [2.24, 2.45) is 0 Å². The van der Waals surface area contributed by atoms with Gasteiger partial charge in [0.1, 0.15) is 25.8 Å². The highest BCUT2D eigenvalue weighted by molar-refractivity contribution is 7.92. The van der Waals surface area contributed by atoms with E-state index in [1.54, 1.807) is 43.3 Å². The predicted molar refractivity (Wildman–Crippen MR) is 156 cm³/mol. The fourth-order valence-corrected chi connectivity index (χ4v) is 6.27. The number of fused-ring (bicyclic) bond motifs is 1. The fourth-order valence-electron chi connectivity index (χ4n) is 4.89. The first kappa shape index (κ1) is 30.3. The predicted octanol–water partition coefficient (Wildman–Crippen LogP) is 4.79. The van der Waals surface area contributed by atoms with Crippen molar-refractivity contribution in [2.45, 2.75) is 64.6 Å². The van der Waals surface area contributed by atoms with E-state index < -0.39 is 28.5 Å². The first-order valence-electron chi connectivity index (χ1n) is 13.5. The van der Waals surface area contributed by atoms with Gasteiger partial charge >= 0.3 is 0 Å². The number of nitrogens with one attached hydrogen (secondary N) is 1. The number of hydrogen-bond acceptors (Lipinski definition) is 6. The minimum Gasteiger partial charge on any atom is -0.486 e. The van der Waals surface area contributed by atoms with Crippen LogP contribution in [0.3, 0.4) is 0 Å². The normalized spacial score (nSPS) is 16.2. The molecule has 0 bridgehead atoms. The topological polar surface area (TPSA) is 105 Å². The zero-order valence-corrected chi connectivity index (χ0v) is 25.0. The van der Waals surface area contributed by atoms with Crippen LogP contribution in [-0.2, 0) is 26.2 Å². The number of carbonyl (C=O) groups is 2. The minimum atomic E-state index is -3.87. The number of rotatable bonds is 10. The quantitative estimate of drug-likeness (QED) is 0.414. The van der Waals surface area contributed by atoms with Crippen LogP contribution in [0.1, 0.15) is 51.5 Å². The molecule has 1 N–H and O–H groups in total. The van der Waals surface area contributed by atoms with Crippen molar-refractivity contribution in [2.75, 3.05) is 29.8 Å². The van der Waals surface area contributed by atoms with Crippen molar-refractivity contribution in [1.29, 1.82) is 0 Å². The van der Waals surface area contributed by atoms with E-state index in [9.17, 15) is 18.0 Å². The molecule has 1 fully saturated rings. The van der Waals surface area contributed by atoms with E-state index in [2.05, 4.69) is 5.32 Å². The van der Waals surface area contributed by atoms with Gasteiger partial charge in [-0.05, 0) is 56.5 Å². The average Bonchev–Trinajstić information content (AvgIpc) is 2.96. The van der Waals surface area contributed by atoms with E-state index >= 15 is 0 Å². The summed E-state index contributed by atoms with van der Waals surface area (Å²) in [6, 6.07) is 8.93. The average molecular weight is 613 g/mol. The summed E-state index contributed by atoms with van der Waals surface area (Å²) in [5.74, 6) is -0.141. The summed E-state index contributed by atoms with van der Waals surface area (Å²) < 4.78 is 38.7. The molecule has 12 heteroatoms. The molecule has 2 aromatic rings. The van der Waals surface area contributed by atoms with E-state index in [1.165, 1.54) is 11.8 Å². The fraction of sp³-hybridized carbons (Fsp3) is 0.500. The van der Waals surface area contributed by atoms with E-state index in [-0.39, 0.29) is 29.9 Å². The molecular weight excluding hydrogens is 577 g/mol.